The van der Waals surface area contributed by atoms with E-state index in [1.165, 1.54) is 0 Å². The summed E-state index contributed by atoms with van der Waals surface area (Å²) in [6.45, 7) is 7.04. The molecule has 1 aliphatic heterocycles. The number of nitrogens with one attached hydrogen (secondary N) is 1. The van der Waals surface area contributed by atoms with Crippen molar-refractivity contribution in [3.05, 3.63) is 66.2 Å². The first-order valence-corrected chi connectivity index (χ1v) is 8.73. The van der Waals surface area contributed by atoms with Gasteiger partial charge in [-0.25, -0.2) is 0 Å². The largest absolute Gasteiger partial charge is 0.496 e. The van der Waals surface area contributed by atoms with Gasteiger partial charge in [-0.1, -0.05) is 6.08 Å². The fraction of sp³-hybridized carbons (Fsp3) is 0.286. The Kier molecular flexibility index (Phi) is 5.92. The smallest absolute Gasteiger partial charge is 0.255 e. The van der Waals surface area contributed by atoms with Crippen LogP contribution in [-0.4, -0.2) is 39.3 Å². The molecule has 3 rings (SSSR count). The van der Waals surface area contributed by atoms with Crippen molar-refractivity contribution in [2.45, 2.75) is 6.42 Å². The highest BCUT2D eigenvalue weighted by atomic mass is 16.5. The summed E-state index contributed by atoms with van der Waals surface area (Å²) in [7, 11) is 1.62. The second-order valence-corrected chi connectivity index (χ2v) is 6.12. The Morgan fingerprint density at radius 1 is 1.23 bits per heavy atom. The number of allylic oxidation sites excluding steroid dienone is 1. The highest BCUT2D eigenvalue weighted by Crippen LogP contribution is 2.23. The van der Waals surface area contributed by atoms with E-state index in [9.17, 15) is 4.79 Å². The first kappa shape index (κ1) is 18.0. The normalized spacial score (nSPS) is 14.0. The third-order valence-corrected chi connectivity index (χ3v) is 4.41. The van der Waals surface area contributed by atoms with Gasteiger partial charge in [-0.3, -0.25) is 4.79 Å². The maximum absolute atomic E-state index is 12.6. The number of carbonyl (C=O) groups is 1. The molecule has 1 N–H and O–H groups in total. The van der Waals surface area contributed by atoms with E-state index >= 15 is 0 Å². The van der Waals surface area contributed by atoms with Crippen molar-refractivity contribution >= 4 is 17.3 Å². The van der Waals surface area contributed by atoms with E-state index in [0.717, 1.165) is 49.0 Å². The quantitative estimate of drug-likeness (QED) is 0.809. The van der Waals surface area contributed by atoms with Crippen LogP contribution < -0.4 is 15.0 Å². The van der Waals surface area contributed by atoms with E-state index in [0.29, 0.717) is 12.0 Å². The Labute approximate surface area is 154 Å². The lowest BCUT2D eigenvalue weighted by molar-refractivity contribution is 0.102. The van der Waals surface area contributed by atoms with Crippen molar-refractivity contribution < 1.29 is 14.3 Å². The van der Waals surface area contributed by atoms with E-state index in [-0.39, 0.29) is 5.91 Å². The summed E-state index contributed by atoms with van der Waals surface area (Å²) in [5, 5.41) is 2.95. The van der Waals surface area contributed by atoms with Crippen LogP contribution in [0.3, 0.4) is 0 Å². The summed E-state index contributed by atoms with van der Waals surface area (Å²) in [6.07, 6.45) is 2.45. The zero-order valence-electron chi connectivity index (χ0n) is 15.0. The zero-order valence-corrected chi connectivity index (χ0v) is 15.0. The maximum Gasteiger partial charge on any atom is 0.255 e. The number of anilines is 2. The second-order valence-electron chi connectivity index (χ2n) is 6.12. The van der Waals surface area contributed by atoms with Gasteiger partial charge in [-0.15, -0.1) is 6.58 Å². The fourth-order valence-corrected chi connectivity index (χ4v) is 3.02. The lowest BCUT2D eigenvalue weighted by Crippen LogP contribution is -2.36. The molecule has 1 aliphatic rings. The second kappa shape index (κ2) is 8.54. The summed E-state index contributed by atoms with van der Waals surface area (Å²) in [5.74, 6) is 0.619. The van der Waals surface area contributed by atoms with Crippen molar-refractivity contribution in [2.75, 3.05) is 43.6 Å². The van der Waals surface area contributed by atoms with Crippen LogP contribution in [0, 0.1) is 0 Å². The summed E-state index contributed by atoms with van der Waals surface area (Å²) in [5.41, 5.74) is 3.45. The van der Waals surface area contributed by atoms with Crippen molar-refractivity contribution in [2.24, 2.45) is 0 Å². The molecule has 5 heteroatoms. The number of ether oxygens (including phenoxy) is 2. The lowest BCUT2D eigenvalue weighted by Gasteiger charge is -2.28. The lowest BCUT2D eigenvalue weighted by atomic mass is 10.1. The molecule has 5 nitrogen and oxygen atoms in total. The first-order chi connectivity index (χ1) is 12.7. The molecule has 0 saturated carbocycles. The molecule has 0 bridgehead atoms. The standard InChI is InChI=1S/C21H24N2O3/c1-3-4-16-15-17(5-10-20(16)25-2)21(24)22-18-6-8-19(9-7-18)23-11-13-26-14-12-23/h3,5-10,15H,1,4,11-14H2,2H3,(H,22,24). The average molecular weight is 352 g/mol. The van der Waals surface area contributed by atoms with E-state index in [4.69, 9.17) is 9.47 Å². The molecule has 0 atom stereocenters. The molecule has 2 aromatic rings. The number of benzene rings is 2. The predicted molar refractivity (Wildman–Crippen MR) is 104 cm³/mol. The van der Waals surface area contributed by atoms with Crippen LogP contribution in [0.5, 0.6) is 5.75 Å². The number of amides is 1. The molecular weight excluding hydrogens is 328 g/mol. The molecule has 1 fully saturated rings. The van der Waals surface area contributed by atoms with Crippen LogP contribution in [0.15, 0.2) is 55.1 Å². The Morgan fingerprint density at radius 2 is 1.96 bits per heavy atom. The summed E-state index contributed by atoms with van der Waals surface area (Å²) in [4.78, 5) is 14.8. The summed E-state index contributed by atoms with van der Waals surface area (Å²) >= 11 is 0. The minimum Gasteiger partial charge on any atom is -0.496 e. The number of hydrogen-bond donors (Lipinski definition) is 1. The number of rotatable bonds is 6. The highest BCUT2D eigenvalue weighted by molar-refractivity contribution is 6.04. The van der Waals surface area contributed by atoms with Gasteiger partial charge in [0.15, 0.2) is 0 Å². The highest BCUT2D eigenvalue weighted by Gasteiger charge is 2.12. The minimum absolute atomic E-state index is 0.142. The number of hydrogen-bond acceptors (Lipinski definition) is 4. The molecule has 26 heavy (non-hydrogen) atoms. The van der Waals surface area contributed by atoms with E-state index < -0.39 is 0 Å². The SMILES string of the molecule is C=CCc1cc(C(=O)Nc2ccc(N3CCOCC3)cc2)ccc1OC. The third-order valence-electron chi connectivity index (χ3n) is 4.41. The van der Waals surface area contributed by atoms with Crippen molar-refractivity contribution in [1.29, 1.82) is 0 Å². The molecule has 1 saturated heterocycles. The van der Waals surface area contributed by atoms with Gasteiger partial charge in [0.1, 0.15) is 5.75 Å². The van der Waals surface area contributed by atoms with Crippen molar-refractivity contribution in [3.63, 3.8) is 0 Å². The molecule has 0 radical (unpaired) electrons. The predicted octanol–water partition coefficient (Wildman–Crippen LogP) is 3.51. The van der Waals surface area contributed by atoms with Crippen LogP contribution in [0.1, 0.15) is 15.9 Å². The Bertz CT molecular complexity index is 765. The number of morpholine rings is 1. The van der Waals surface area contributed by atoms with E-state index in [1.807, 2.05) is 36.4 Å². The third kappa shape index (κ3) is 4.24. The molecule has 0 spiro atoms. The number of carbonyl (C=O) groups excluding carboxylic acids is 1. The fourth-order valence-electron chi connectivity index (χ4n) is 3.02. The van der Waals surface area contributed by atoms with Crippen LogP contribution in [0.4, 0.5) is 11.4 Å². The maximum atomic E-state index is 12.6. The molecule has 2 aromatic carbocycles. The monoisotopic (exact) mass is 352 g/mol. The Balaban J connectivity index is 1.69. The van der Waals surface area contributed by atoms with Gasteiger partial charge in [0.2, 0.25) is 0 Å². The van der Waals surface area contributed by atoms with Gasteiger partial charge in [-0.2, -0.15) is 0 Å². The molecule has 0 aliphatic carbocycles. The Hall–Kier alpha value is -2.79. The van der Waals surface area contributed by atoms with Crippen LogP contribution in [-0.2, 0) is 11.2 Å². The number of nitrogens with zero attached hydrogens (tertiary/aromatic N) is 1. The van der Waals surface area contributed by atoms with Crippen LogP contribution >= 0.6 is 0 Å². The van der Waals surface area contributed by atoms with Gasteiger partial charge in [0, 0.05) is 30.0 Å². The molecule has 1 heterocycles. The topological polar surface area (TPSA) is 50.8 Å². The van der Waals surface area contributed by atoms with Gasteiger partial charge in [-0.05, 0) is 54.4 Å². The average Bonchev–Trinajstić information content (AvgIpc) is 2.69. The Morgan fingerprint density at radius 3 is 2.62 bits per heavy atom. The van der Waals surface area contributed by atoms with Gasteiger partial charge in [0.25, 0.3) is 5.91 Å². The van der Waals surface area contributed by atoms with Crippen LogP contribution in [0.2, 0.25) is 0 Å². The number of methoxy groups -OCH3 is 1. The van der Waals surface area contributed by atoms with Gasteiger partial charge < -0.3 is 19.7 Å². The van der Waals surface area contributed by atoms with Gasteiger partial charge in [0.05, 0.1) is 20.3 Å². The van der Waals surface area contributed by atoms with Gasteiger partial charge >= 0.3 is 0 Å². The molecule has 1 amide bonds. The van der Waals surface area contributed by atoms with E-state index in [1.54, 1.807) is 19.3 Å². The summed E-state index contributed by atoms with van der Waals surface area (Å²) < 4.78 is 10.7. The molecular formula is C21H24N2O3. The van der Waals surface area contributed by atoms with E-state index in [2.05, 4.69) is 16.8 Å². The molecule has 136 valence electrons. The minimum atomic E-state index is -0.142. The first-order valence-electron chi connectivity index (χ1n) is 8.73. The van der Waals surface area contributed by atoms with Crippen LogP contribution in [0.25, 0.3) is 0 Å². The molecule has 0 unspecified atom stereocenters. The van der Waals surface area contributed by atoms with Crippen molar-refractivity contribution in [3.8, 4) is 5.75 Å². The zero-order chi connectivity index (χ0) is 18.4. The molecule has 0 aromatic heterocycles. The summed E-state index contributed by atoms with van der Waals surface area (Å²) in [6, 6.07) is 13.3. The van der Waals surface area contributed by atoms with Crippen molar-refractivity contribution in [1.82, 2.24) is 0 Å².